The van der Waals surface area contributed by atoms with Crippen LogP contribution in [-0.2, 0) is 0 Å². The molecule has 2 N–H and O–H groups in total. The van der Waals surface area contributed by atoms with E-state index < -0.39 is 0 Å². The van der Waals surface area contributed by atoms with Gasteiger partial charge in [-0.2, -0.15) is 0 Å². The molecule has 3 rings (SSSR count). The number of hydrogen-bond donors (Lipinski definition) is 1. The molecule has 2 aromatic carbocycles. The van der Waals surface area contributed by atoms with Crippen molar-refractivity contribution in [2.75, 3.05) is 12.8 Å². The normalized spacial score (nSPS) is 10.6. The van der Waals surface area contributed by atoms with E-state index in [2.05, 4.69) is 17.1 Å². The van der Waals surface area contributed by atoms with E-state index >= 15 is 0 Å². The molecule has 1 heterocycles. The Kier molecular flexibility index (Phi) is 2.80. The Morgan fingerprint density at radius 2 is 1.84 bits per heavy atom. The van der Waals surface area contributed by atoms with Crippen molar-refractivity contribution >= 4 is 16.6 Å². The van der Waals surface area contributed by atoms with Crippen LogP contribution in [0.1, 0.15) is 0 Å². The molecule has 0 spiro atoms. The van der Waals surface area contributed by atoms with Gasteiger partial charge in [0.1, 0.15) is 5.75 Å². The van der Waals surface area contributed by atoms with Gasteiger partial charge in [0.25, 0.3) is 0 Å². The molecule has 3 heteroatoms. The van der Waals surface area contributed by atoms with Crippen molar-refractivity contribution in [1.29, 1.82) is 0 Å². The van der Waals surface area contributed by atoms with Crippen LogP contribution in [0, 0.1) is 0 Å². The lowest BCUT2D eigenvalue weighted by Gasteiger charge is -2.10. The lowest BCUT2D eigenvalue weighted by Crippen LogP contribution is -1.93. The highest BCUT2D eigenvalue weighted by Gasteiger charge is 2.08. The van der Waals surface area contributed by atoms with Crippen molar-refractivity contribution in [2.24, 2.45) is 0 Å². The van der Waals surface area contributed by atoms with E-state index in [1.807, 2.05) is 30.3 Å². The monoisotopic (exact) mass is 250 g/mol. The van der Waals surface area contributed by atoms with Crippen LogP contribution in [0.25, 0.3) is 22.0 Å². The summed E-state index contributed by atoms with van der Waals surface area (Å²) in [6.45, 7) is 0. The molecule has 3 nitrogen and oxygen atoms in total. The van der Waals surface area contributed by atoms with E-state index in [9.17, 15) is 0 Å². The molecule has 0 unspecified atom stereocenters. The van der Waals surface area contributed by atoms with Gasteiger partial charge in [-0.1, -0.05) is 30.3 Å². The molecule has 0 aliphatic heterocycles. The van der Waals surface area contributed by atoms with Gasteiger partial charge in [0, 0.05) is 17.6 Å². The highest BCUT2D eigenvalue weighted by Crippen LogP contribution is 2.33. The standard InChI is InChI=1S/C16H14N2O/c1-19-12-9-14-13(11-5-3-2-4-6-11)7-8-18-16(14)15(17)10-12/h2-10H,17H2,1H3. The third-order valence-electron chi connectivity index (χ3n) is 3.17. The first-order chi connectivity index (χ1) is 9.29. The molecule has 0 aliphatic carbocycles. The van der Waals surface area contributed by atoms with Crippen LogP contribution in [0.2, 0.25) is 0 Å². The molecular formula is C16H14N2O. The number of nitrogens with zero attached hydrogens (tertiary/aromatic N) is 1. The Morgan fingerprint density at radius 3 is 2.58 bits per heavy atom. The summed E-state index contributed by atoms with van der Waals surface area (Å²) in [4.78, 5) is 4.36. The molecular weight excluding hydrogens is 236 g/mol. The number of fused-ring (bicyclic) bond motifs is 1. The summed E-state index contributed by atoms with van der Waals surface area (Å²) in [7, 11) is 1.64. The van der Waals surface area contributed by atoms with E-state index in [1.54, 1.807) is 19.4 Å². The van der Waals surface area contributed by atoms with Gasteiger partial charge in [0.05, 0.1) is 18.3 Å². The van der Waals surface area contributed by atoms with E-state index in [1.165, 1.54) is 0 Å². The molecule has 3 aromatic rings. The Hall–Kier alpha value is -2.55. The van der Waals surface area contributed by atoms with E-state index in [-0.39, 0.29) is 0 Å². The second-order valence-corrected chi connectivity index (χ2v) is 4.34. The minimum atomic E-state index is 0.632. The summed E-state index contributed by atoms with van der Waals surface area (Å²) in [5.74, 6) is 0.746. The highest BCUT2D eigenvalue weighted by atomic mass is 16.5. The molecule has 94 valence electrons. The second kappa shape index (κ2) is 4.61. The molecule has 19 heavy (non-hydrogen) atoms. The van der Waals surface area contributed by atoms with Gasteiger partial charge < -0.3 is 10.5 Å². The maximum Gasteiger partial charge on any atom is 0.121 e. The molecule has 0 aliphatic rings. The van der Waals surface area contributed by atoms with E-state index in [0.29, 0.717) is 5.69 Å². The van der Waals surface area contributed by atoms with Crippen molar-refractivity contribution in [3.05, 3.63) is 54.7 Å². The van der Waals surface area contributed by atoms with Gasteiger partial charge in [0.2, 0.25) is 0 Å². The molecule has 0 radical (unpaired) electrons. The maximum atomic E-state index is 6.04. The average Bonchev–Trinajstić information content (AvgIpc) is 2.47. The fourth-order valence-corrected chi connectivity index (χ4v) is 2.24. The Morgan fingerprint density at radius 1 is 1.05 bits per heavy atom. The van der Waals surface area contributed by atoms with Gasteiger partial charge in [-0.3, -0.25) is 4.98 Å². The highest BCUT2D eigenvalue weighted by molar-refractivity contribution is 6.00. The van der Waals surface area contributed by atoms with Crippen LogP contribution in [0.5, 0.6) is 5.75 Å². The lowest BCUT2D eigenvalue weighted by atomic mass is 10.0. The Bertz CT molecular complexity index is 723. The van der Waals surface area contributed by atoms with Crippen molar-refractivity contribution in [3.63, 3.8) is 0 Å². The van der Waals surface area contributed by atoms with Crippen LogP contribution < -0.4 is 10.5 Å². The van der Waals surface area contributed by atoms with Crippen LogP contribution in [0.4, 0.5) is 5.69 Å². The Balaban J connectivity index is 2.34. The van der Waals surface area contributed by atoms with E-state index in [0.717, 1.165) is 27.8 Å². The summed E-state index contributed by atoms with van der Waals surface area (Å²) < 4.78 is 5.29. The van der Waals surface area contributed by atoms with E-state index in [4.69, 9.17) is 10.5 Å². The van der Waals surface area contributed by atoms with Crippen LogP contribution in [0.3, 0.4) is 0 Å². The number of rotatable bonds is 2. The summed E-state index contributed by atoms with van der Waals surface area (Å²) in [6, 6.07) is 16.0. The number of aromatic nitrogens is 1. The first-order valence-corrected chi connectivity index (χ1v) is 6.07. The summed E-state index contributed by atoms with van der Waals surface area (Å²) in [5, 5.41) is 1.01. The number of nitrogens with two attached hydrogens (primary N) is 1. The van der Waals surface area contributed by atoms with Gasteiger partial charge in [-0.25, -0.2) is 0 Å². The molecule has 0 atom stereocenters. The predicted molar refractivity (Wildman–Crippen MR) is 78.1 cm³/mol. The van der Waals surface area contributed by atoms with Gasteiger partial charge in [0.15, 0.2) is 0 Å². The minimum absolute atomic E-state index is 0.632. The number of hydrogen-bond acceptors (Lipinski definition) is 3. The summed E-state index contributed by atoms with van der Waals surface area (Å²) in [6.07, 6.45) is 1.79. The first kappa shape index (κ1) is 11.5. The average molecular weight is 250 g/mol. The van der Waals surface area contributed by atoms with Crippen molar-refractivity contribution in [3.8, 4) is 16.9 Å². The fourth-order valence-electron chi connectivity index (χ4n) is 2.24. The molecule has 0 bridgehead atoms. The van der Waals surface area contributed by atoms with Gasteiger partial charge >= 0.3 is 0 Å². The van der Waals surface area contributed by atoms with Crippen molar-refractivity contribution < 1.29 is 4.74 Å². The zero-order valence-electron chi connectivity index (χ0n) is 10.6. The lowest BCUT2D eigenvalue weighted by molar-refractivity contribution is 0.415. The smallest absolute Gasteiger partial charge is 0.121 e. The molecule has 1 aromatic heterocycles. The fraction of sp³-hybridized carbons (Fsp3) is 0.0625. The van der Waals surface area contributed by atoms with Crippen molar-refractivity contribution in [1.82, 2.24) is 4.98 Å². The zero-order valence-corrected chi connectivity index (χ0v) is 10.6. The quantitative estimate of drug-likeness (QED) is 0.708. The SMILES string of the molecule is COc1cc(N)c2nccc(-c3ccccc3)c2c1. The van der Waals surface area contributed by atoms with Crippen molar-refractivity contribution in [2.45, 2.75) is 0 Å². The molecule has 0 saturated carbocycles. The number of anilines is 1. The largest absolute Gasteiger partial charge is 0.497 e. The third-order valence-corrected chi connectivity index (χ3v) is 3.17. The van der Waals surface area contributed by atoms with Crippen LogP contribution in [0.15, 0.2) is 54.7 Å². The topological polar surface area (TPSA) is 48.1 Å². The predicted octanol–water partition coefficient (Wildman–Crippen LogP) is 3.49. The Labute approximate surface area is 111 Å². The maximum absolute atomic E-state index is 6.04. The second-order valence-electron chi connectivity index (χ2n) is 4.34. The zero-order chi connectivity index (χ0) is 13.2. The summed E-state index contributed by atoms with van der Waals surface area (Å²) in [5.41, 5.74) is 9.73. The third kappa shape index (κ3) is 1.99. The summed E-state index contributed by atoms with van der Waals surface area (Å²) >= 11 is 0. The van der Waals surface area contributed by atoms with Gasteiger partial charge in [-0.15, -0.1) is 0 Å². The number of methoxy groups -OCH3 is 1. The van der Waals surface area contributed by atoms with Crippen LogP contribution in [-0.4, -0.2) is 12.1 Å². The number of nitrogen functional groups attached to an aromatic ring is 1. The van der Waals surface area contributed by atoms with Gasteiger partial charge in [-0.05, 0) is 23.3 Å². The number of ether oxygens (including phenoxy) is 1. The molecule has 0 fully saturated rings. The molecule has 0 amide bonds. The molecule has 0 saturated heterocycles. The minimum Gasteiger partial charge on any atom is -0.497 e. The number of pyridine rings is 1. The number of benzene rings is 2. The first-order valence-electron chi connectivity index (χ1n) is 6.07. The van der Waals surface area contributed by atoms with Crippen LogP contribution >= 0.6 is 0 Å².